The van der Waals surface area contributed by atoms with Crippen LogP contribution < -0.4 is 5.32 Å². The van der Waals surface area contributed by atoms with E-state index in [0.29, 0.717) is 0 Å². The molecule has 0 bridgehead atoms. The van der Waals surface area contributed by atoms with E-state index in [1.165, 1.54) is 5.57 Å². The highest BCUT2D eigenvalue weighted by molar-refractivity contribution is 4.94. The molecule has 2 nitrogen and oxygen atoms in total. The van der Waals surface area contributed by atoms with E-state index in [4.69, 9.17) is 4.74 Å². The van der Waals surface area contributed by atoms with Gasteiger partial charge in [-0.25, -0.2) is 0 Å². The van der Waals surface area contributed by atoms with Gasteiger partial charge in [0.05, 0.1) is 6.61 Å². The minimum Gasteiger partial charge on any atom is -0.380 e. The van der Waals surface area contributed by atoms with Gasteiger partial charge in [-0.3, -0.25) is 0 Å². The molecule has 11 heavy (non-hydrogen) atoms. The molecular formula is C9H19NO. The average molecular weight is 157 g/mol. The van der Waals surface area contributed by atoms with Crippen LogP contribution in [0.4, 0.5) is 0 Å². The lowest BCUT2D eigenvalue weighted by atomic mass is 10.3. The molecule has 0 aromatic rings. The maximum Gasteiger partial charge on any atom is 0.0590 e. The summed E-state index contributed by atoms with van der Waals surface area (Å²) in [6, 6.07) is 0. The third-order valence-electron chi connectivity index (χ3n) is 1.28. The van der Waals surface area contributed by atoms with Crippen molar-refractivity contribution in [2.24, 2.45) is 0 Å². The van der Waals surface area contributed by atoms with Crippen molar-refractivity contribution in [3.63, 3.8) is 0 Å². The Morgan fingerprint density at radius 2 is 2.18 bits per heavy atom. The summed E-state index contributed by atoms with van der Waals surface area (Å²) in [6.07, 6.45) is 2.17. The summed E-state index contributed by atoms with van der Waals surface area (Å²) < 4.78 is 5.16. The van der Waals surface area contributed by atoms with Crippen molar-refractivity contribution < 1.29 is 4.74 Å². The van der Waals surface area contributed by atoms with Gasteiger partial charge in [0.1, 0.15) is 0 Å². The van der Waals surface area contributed by atoms with Crippen molar-refractivity contribution in [2.75, 3.05) is 26.3 Å². The molecule has 0 unspecified atom stereocenters. The number of hydrogen-bond donors (Lipinski definition) is 1. The van der Waals surface area contributed by atoms with Gasteiger partial charge < -0.3 is 10.1 Å². The van der Waals surface area contributed by atoms with Crippen LogP contribution in [0.15, 0.2) is 11.6 Å². The molecule has 0 atom stereocenters. The summed E-state index contributed by atoms with van der Waals surface area (Å²) in [5.74, 6) is 0. The standard InChI is InChI=1S/C9H19NO/c1-4-11-8-7-10-6-5-9(2)3/h5,10H,4,6-8H2,1-3H3. The van der Waals surface area contributed by atoms with Crippen LogP contribution in [0.3, 0.4) is 0 Å². The van der Waals surface area contributed by atoms with Crippen LogP contribution in [0.5, 0.6) is 0 Å². The van der Waals surface area contributed by atoms with Gasteiger partial charge in [-0.2, -0.15) is 0 Å². The molecule has 66 valence electrons. The first-order valence-corrected chi connectivity index (χ1v) is 4.19. The molecule has 0 aliphatic rings. The second-order valence-corrected chi connectivity index (χ2v) is 2.68. The Kier molecular flexibility index (Phi) is 7.52. The van der Waals surface area contributed by atoms with Crippen LogP contribution in [0.2, 0.25) is 0 Å². The van der Waals surface area contributed by atoms with Crippen LogP contribution in [0, 0.1) is 0 Å². The first-order chi connectivity index (χ1) is 5.27. The predicted molar refractivity (Wildman–Crippen MR) is 48.8 cm³/mol. The van der Waals surface area contributed by atoms with E-state index in [1.54, 1.807) is 0 Å². The molecule has 0 saturated heterocycles. The van der Waals surface area contributed by atoms with E-state index in [-0.39, 0.29) is 0 Å². The molecule has 0 rings (SSSR count). The zero-order chi connectivity index (χ0) is 8.53. The predicted octanol–water partition coefficient (Wildman–Crippen LogP) is 1.58. The Labute approximate surface area is 69.6 Å². The Hall–Kier alpha value is -0.340. The van der Waals surface area contributed by atoms with Gasteiger partial charge in [0.25, 0.3) is 0 Å². The lowest BCUT2D eigenvalue weighted by Crippen LogP contribution is -2.19. The number of ether oxygens (including phenoxy) is 1. The summed E-state index contributed by atoms with van der Waals surface area (Å²) in [5.41, 5.74) is 1.36. The minimum absolute atomic E-state index is 0.810. The number of hydrogen-bond acceptors (Lipinski definition) is 2. The molecule has 0 aliphatic heterocycles. The lowest BCUT2D eigenvalue weighted by molar-refractivity contribution is 0.150. The molecule has 1 N–H and O–H groups in total. The molecule has 0 saturated carbocycles. The second kappa shape index (κ2) is 7.76. The Morgan fingerprint density at radius 1 is 1.45 bits per heavy atom. The van der Waals surface area contributed by atoms with Crippen molar-refractivity contribution in [2.45, 2.75) is 20.8 Å². The van der Waals surface area contributed by atoms with Crippen LogP contribution >= 0.6 is 0 Å². The fourth-order valence-corrected chi connectivity index (χ4v) is 0.667. The Bertz CT molecular complexity index is 106. The maximum atomic E-state index is 5.16. The van der Waals surface area contributed by atoms with Crippen molar-refractivity contribution >= 4 is 0 Å². The van der Waals surface area contributed by atoms with E-state index < -0.39 is 0 Å². The van der Waals surface area contributed by atoms with E-state index in [0.717, 1.165) is 26.3 Å². The average Bonchev–Trinajstić information content (AvgIpc) is 1.96. The molecule has 0 spiro atoms. The molecule has 0 heterocycles. The van der Waals surface area contributed by atoms with Gasteiger partial charge in [-0.1, -0.05) is 11.6 Å². The molecule has 0 amide bonds. The van der Waals surface area contributed by atoms with Crippen molar-refractivity contribution in [3.8, 4) is 0 Å². The molecular weight excluding hydrogens is 138 g/mol. The molecule has 0 radical (unpaired) electrons. The van der Waals surface area contributed by atoms with Crippen LogP contribution in [-0.4, -0.2) is 26.3 Å². The SMILES string of the molecule is CCOCCNCC=C(C)C. The quantitative estimate of drug-likeness (QED) is 0.467. The topological polar surface area (TPSA) is 21.3 Å². The molecule has 2 heteroatoms. The summed E-state index contributed by atoms with van der Waals surface area (Å²) >= 11 is 0. The third kappa shape index (κ3) is 9.66. The monoisotopic (exact) mass is 157 g/mol. The Morgan fingerprint density at radius 3 is 2.73 bits per heavy atom. The third-order valence-corrected chi connectivity index (χ3v) is 1.28. The first kappa shape index (κ1) is 10.7. The maximum absolute atomic E-state index is 5.16. The lowest BCUT2D eigenvalue weighted by Gasteiger charge is -2.01. The van der Waals surface area contributed by atoms with Crippen molar-refractivity contribution in [1.29, 1.82) is 0 Å². The normalized spacial score (nSPS) is 9.73. The van der Waals surface area contributed by atoms with Crippen molar-refractivity contribution in [3.05, 3.63) is 11.6 Å². The zero-order valence-corrected chi connectivity index (χ0v) is 7.81. The molecule has 0 fully saturated rings. The van der Waals surface area contributed by atoms with Crippen LogP contribution in [-0.2, 0) is 4.74 Å². The Balaban J connectivity index is 2.97. The van der Waals surface area contributed by atoms with Crippen LogP contribution in [0.1, 0.15) is 20.8 Å². The summed E-state index contributed by atoms with van der Waals surface area (Å²) in [4.78, 5) is 0. The second-order valence-electron chi connectivity index (χ2n) is 2.68. The summed E-state index contributed by atoms with van der Waals surface area (Å²) in [7, 11) is 0. The fourth-order valence-electron chi connectivity index (χ4n) is 0.667. The fraction of sp³-hybridized carbons (Fsp3) is 0.778. The van der Waals surface area contributed by atoms with Crippen LogP contribution in [0.25, 0.3) is 0 Å². The van der Waals surface area contributed by atoms with Gasteiger partial charge in [0.15, 0.2) is 0 Å². The van der Waals surface area contributed by atoms with Gasteiger partial charge in [-0.05, 0) is 20.8 Å². The van der Waals surface area contributed by atoms with Crippen molar-refractivity contribution in [1.82, 2.24) is 5.32 Å². The largest absolute Gasteiger partial charge is 0.380 e. The van der Waals surface area contributed by atoms with Gasteiger partial charge in [0, 0.05) is 19.7 Å². The van der Waals surface area contributed by atoms with Gasteiger partial charge in [-0.15, -0.1) is 0 Å². The summed E-state index contributed by atoms with van der Waals surface area (Å²) in [5, 5.41) is 3.25. The zero-order valence-electron chi connectivity index (χ0n) is 7.81. The summed E-state index contributed by atoms with van der Waals surface area (Å²) in [6.45, 7) is 9.73. The smallest absolute Gasteiger partial charge is 0.0590 e. The van der Waals surface area contributed by atoms with Gasteiger partial charge >= 0.3 is 0 Å². The first-order valence-electron chi connectivity index (χ1n) is 4.19. The minimum atomic E-state index is 0.810. The number of nitrogens with one attached hydrogen (secondary N) is 1. The van der Waals surface area contributed by atoms with Gasteiger partial charge in [0.2, 0.25) is 0 Å². The number of rotatable bonds is 6. The molecule has 0 aromatic carbocycles. The highest BCUT2D eigenvalue weighted by atomic mass is 16.5. The van der Waals surface area contributed by atoms with E-state index >= 15 is 0 Å². The number of allylic oxidation sites excluding steroid dienone is 1. The van der Waals surface area contributed by atoms with E-state index in [2.05, 4.69) is 25.2 Å². The molecule has 0 aromatic heterocycles. The highest BCUT2D eigenvalue weighted by Gasteiger charge is 1.83. The van der Waals surface area contributed by atoms with E-state index in [9.17, 15) is 0 Å². The van der Waals surface area contributed by atoms with E-state index in [1.807, 2.05) is 6.92 Å². The highest BCUT2D eigenvalue weighted by Crippen LogP contribution is 1.84. The molecule has 0 aliphatic carbocycles.